The van der Waals surface area contributed by atoms with Gasteiger partial charge in [0.25, 0.3) is 5.91 Å². The van der Waals surface area contributed by atoms with Crippen molar-refractivity contribution in [2.24, 2.45) is 0 Å². The Kier molecular flexibility index (Phi) is 5.47. The van der Waals surface area contributed by atoms with E-state index in [1.54, 1.807) is 0 Å². The van der Waals surface area contributed by atoms with Crippen LogP contribution in [0.3, 0.4) is 0 Å². The molecule has 3 aromatic carbocycles. The van der Waals surface area contributed by atoms with Gasteiger partial charge < -0.3 is 10.2 Å². The number of hydrogen-bond acceptors (Lipinski definition) is 2. The predicted octanol–water partition coefficient (Wildman–Crippen LogP) is 4.22. The minimum atomic E-state index is -0.0407. The van der Waals surface area contributed by atoms with Crippen LogP contribution in [0.2, 0.25) is 0 Å². The quantitative estimate of drug-likeness (QED) is 0.734. The van der Waals surface area contributed by atoms with Crippen molar-refractivity contribution in [2.45, 2.75) is 0 Å². The molecular formula is C22H22N2O. The highest BCUT2D eigenvalue weighted by atomic mass is 16.1. The molecule has 0 radical (unpaired) electrons. The van der Waals surface area contributed by atoms with E-state index >= 15 is 0 Å². The number of nitrogens with one attached hydrogen (secondary N) is 1. The molecule has 3 rings (SSSR count). The molecule has 0 aromatic heterocycles. The number of nitrogens with zero attached hydrogens (tertiary/aromatic N) is 1. The number of carbonyl (C=O) groups excluding carboxylic acids is 1. The third kappa shape index (κ3) is 4.48. The molecule has 0 aliphatic rings. The summed E-state index contributed by atoms with van der Waals surface area (Å²) in [6, 6.07) is 28.0. The zero-order chi connectivity index (χ0) is 17.5. The topological polar surface area (TPSA) is 32.3 Å². The maximum atomic E-state index is 12.3. The maximum Gasteiger partial charge on any atom is 0.251 e. The maximum absolute atomic E-state index is 12.3. The highest BCUT2D eigenvalue weighted by Crippen LogP contribution is 2.19. The van der Waals surface area contributed by atoms with E-state index in [1.165, 1.54) is 0 Å². The number of anilines is 1. The van der Waals surface area contributed by atoms with Gasteiger partial charge in [0.05, 0.1) is 0 Å². The lowest BCUT2D eigenvalue weighted by Crippen LogP contribution is -2.32. The Morgan fingerprint density at radius 3 is 2.00 bits per heavy atom. The van der Waals surface area contributed by atoms with Gasteiger partial charge in [-0.3, -0.25) is 4.79 Å². The van der Waals surface area contributed by atoms with Crippen LogP contribution >= 0.6 is 0 Å². The van der Waals surface area contributed by atoms with Crippen molar-refractivity contribution in [3.8, 4) is 11.1 Å². The number of benzene rings is 3. The van der Waals surface area contributed by atoms with Gasteiger partial charge in [-0.1, -0.05) is 60.7 Å². The van der Waals surface area contributed by atoms with Crippen molar-refractivity contribution in [2.75, 3.05) is 25.0 Å². The van der Waals surface area contributed by atoms with Gasteiger partial charge in [-0.2, -0.15) is 0 Å². The lowest BCUT2D eigenvalue weighted by Gasteiger charge is -2.19. The summed E-state index contributed by atoms with van der Waals surface area (Å²) in [6.45, 7) is 1.36. The van der Waals surface area contributed by atoms with Crippen molar-refractivity contribution in [3.63, 3.8) is 0 Å². The van der Waals surface area contributed by atoms with Crippen molar-refractivity contribution in [1.82, 2.24) is 5.32 Å². The SMILES string of the molecule is CN(CCNC(=O)c1ccc(-c2ccccc2)cc1)c1ccccc1. The van der Waals surface area contributed by atoms with Crippen LogP contribution in [0.1, 0.15) is 10.4 Å². The fourth-order valence-corrected chi connectivity index (χ4v) is 2.70. The average Bonchev–Trinajstić information content (AvgIpc) is 2.69. The highest BCUT2D eigenvalue weighted by molar-refractivity contribution is 5.94. The molecule has 0 spiro atoms. The Morgan fingerprint density at radius 2 is 1.36 bits per heavy atom. The van der Waals surface area contributed by atoms with Crippen LogP contribution in [0.5, 0.6) is 0 Å². The first kappa shape index (κ1) is 16.8. The third-order valence-electron chi connectivity index (χ3n) is 4.18. The standard InChI is InChI=1S/C22H22N2O/c1-24(21-10-6-3-7-11-21)17-16-23-22(25)20-14-12-19(13-15-20)18-8-4-2-5-9-18/h2-15H,16-17H2,1H3,(H,23,25). The van der Waals surface area contributed by atoms with Crippen LogP contribution < -0.4 is 10.2 Å². The second-order valence-corrected chi connectivity index (χ2v) is 5.96. The Morgan fingerprint density at radius 1 is 0.800 bits per heavy atom. The molecule has 0 saturated carbocycles. The van der Waals surface area contributed by atoms with Gasteiger partial charge in [-0.15, -0.1) is 0 Å². The molecule has 0 fully saturated rings. The summed E-state index contributed by atoms with van der Waals surface area (Å²) in [5.41, 5.74) is 4.09. The summed E-state index contributed by atoms with van der Waals surface area (Å²) in [7, 11) is 2.02. The van der Waals surface area contributed by atoms with E-state index in [-0.39, 0.29) is 5.91 Å². The van der Waals surface area contributed by atoms with Crippen molar-refractivity contribution >= 4 is 11.6 Å². The minimum Gasteiger partial charge on any atom is -0.373 e. The number of para-hydroxylation sites is 1. The van der Waals surface area contributed by atoms with E-state index in [2.05, 4.69) is 34.5 Å². The normalized spacial score (nSPS) is 10.3. The summed E-state index contributed by atoms with van der Waals surface area (Å²) in [6.07, 6.45) is 0. The second-order valence-electron chi connectivity index (χ2n) is 5.96. The summed E-state index contributed by atoms with van der Waals surface area (Å²) in [5.74, 6) is -0.0407. The van der Waals surface area contributed by atoms with Gasteiger partial charge in [0, 0.05) is 31.4 Å². The Balaban J connectivity index is 1.53. The molecular weight excluding hydrogens is 308 g/mol. The lowest BCUT2D eigenvalue weighted by molar-refractivity contribution is 0.0955. The van der Waals surface area contributed by atoms with Gasteiger partial charge in [0.2, 0.25) is 0 Å². The third-order valence-corrected chi connectivity index (χ3v) is 4.18. The van der Waals surface area contributed by atoms with E-state index in [0.29, 0.717) is 12.1 Å². The molecule has 0 aliphatic heterocycles. The summed E-state index contributed by atoms with van der Waals surface area (Å²) in [4.78, 5) is 14.4. The first-order chi connectivity index (χ1) is 12.2. The molecule has 0 atom stereocenters. The number of likely N-dealkylation sites (N-methyl/N-ethyl adjacent to an activating group) is 1. The van der Waals surface area contributed by atoms with E-state index in [9.17, 15) is 4.79 Å². The van der Waals surface area contributed by atoms with E-state index in [1.807, 2.05) is 67.7 Å². The van der Waals surface area contributed by atoms with Crippen molar-refractivity contribution in [3.05, 3.63) is 90.5 Å². The summed E-state index contributed by atoms with van der Waals surface area (Å²) < 4.78 is 0. The van der Waals surface area contributed by atoms with Crippen LogP contribution in [0.25, 0.3) is 11.1 Å². The van der Waals surface area contributed by atoms with Crippen LogP contribution in [0, 0.1) is 0 Å². The van der Waals surface area contributed by atoms with E-state index < -0.39 is 0 Å². The van der Waals surface area contributed by atoms with E-state index in [4.69, 9.17) is 0 Å². The molecule has 0 unspecified atom stereocenters. The second kappa shape index (κ2) is 8.15. The molecule has 3 nitrogen and oxygen atoms in total. The smallest absolute Gasteiger partial charge is 0.251 e. The molecule has 1 N–H and O–H groups in total. The van der Waals surface area contributed by atoms with Crippen LogP contribution in [0.15, 0.2) is 84.9 Å². The van der Waals surface area contributed by atoms with Gasteiger partial charge >= 0.3 is 0 Å². The number of hydrogen-bond donors (Lipinski definition) is 1. The van der Waals surface area contributed by atoms with Gasteiger partial charge in [-0.05, 0) is 35.4 Å². The lowest BCUT2D eigenvalue weighted by atomic mass is 10.0. The van der Waals surface area contributed by atoms with Crippen LogP contribution in [-0.2, 0) is 0 Å². The Hall–Kier alpha value is -3.07. The minimum absolute atomic E-state index is 0.0407. The van der Waals surface area contributed by atoms with Crippen molar-refractivity contribution < 1.29 is 4.79 Å². The monoisotopic (exact) mass is 330 g/mol. The van der Waals surface area contributed by atoms with Gasteiger partial charge in [-0.25, -0.2) is 0 Å². The highest BCUT2D eigenvalue weighted by Gasteiger charge is 2.06. The molecule has 3 heteroatoms. The number of rotatable bonds is 6. The molecule has 0 heterocycles. The Labute approximate surface area is 148 Å². The fraction of sp³-hybridized carbons (Fsp3) is 0.136. The molecule has 0 aliphatic carbocycles. The molecule has 0 bridgehead atoms. The number of carbonyl (C=O) groups is 1. The van der Waals surface area contributed by atoms with Crippen molar-refractivity contribution in [1.29, 1.82) is 0 Å². The predicted molar refractivity (Wildman–Crippen MR) is 104 cm³/mol. The average molecular weight is 330 g/mol. The summed E-state index contributed by atoms with van der Waals surface area (Å²) in [5, 5.41) is 2.98. The molecule has 1 amide bonds. The van der Waals surface area contributed by atoms with Crippen LogP contribution in [0.4, 0.5) is 5.69 Å². The van der Waals surface area contributed by atoms with Gasteiger partial charge in [0.15, 0.2) is 0 Å². The first-order valence-electron chi connectivity index (χ1n) is 8.44. The fourth-order valence-electron chi connectivity index (χ4n) is 2.70. The van der Waals surface area contributed by atoms with E-state index in [0.717, 1.165) is 23.4 Å². The van der Waals surface area contributed by atoms with Gasteiger partial charge in [0.1, 0.15) is 0 Å². The largest absolute Gasteiger partial charge is 0.373 e. The molecule has 0 saturated heterocycles. The summed E-state index contributed by atoms with van der Waals surface area (Å²) >= 11 is 0. The Bertz CT molecular complexity index is 798. The molecule has 126 valence electrons. The molecule has 3 aromatic rings. The number of amides is 1. The zero-order valence-corrected chi connectivity index (χ0v) is 14.4. The first-order valence-corrected chi connectivity index (χ1v) is 8.44. The zero-order valence-electron chi connectivity index (χ0n) is 14.4. The van der Waals surface area contributed by atoms with Crippen LogP contribution in [-0.4, -0.2) is 26.0 Å². The molecule has 25 heavy (non-hydrogen) atoms.